The second-order valence-electron chi connectivity index (χ2n) is 6.45. The number of urea groups is 1. The normalized spacial score (nSPS) is 10.6. The van der Waals surface area contributed by atoms with Crippen LogP contribution in [0.4, 0.5) is 10.5 Å². The van der Waals surface area contributed by atoms with E-state index in [4.69, 9.17) is 11.6 Å². The molecule has 150 valence electrons. The van der Waals surface area contributed by atoms with Gasteiger partial charge in [-0.3, -0.25) is 10.1 Å². The monoisotopic (exact) mass is 429 g/mol. The fraction of sp³-hybridized carbons (Fsp3) is 0.200. The maximum Gasteiger partial charge on any atom is 0.325 e. The SMILES string of the molecule is Cc1ccc(NC(=O)NC(=O)CSc2nnc(-c3ccccc3Cl)n2C)c(C)c1. The number of carbonyl (C=O) groups is 2. The van der Waals surface area contributed by atoms with E-state index in [-0.39, 0.29) is 5.75 Å². The largest absolute Gasteiger partial charge is 0.325 e. The molecule has 29 heavy (non-hydrogen) atoms. The standard InChI is InChI=1S/C20H20ClN5O2S/c1-12-8-9-16(13(2)10-12)22-19(28)23-17(27)11-29-20-25-24-18(26(20)3)14-6-4-5-7-15(14)21/h4-10H,11H2,1-3H3,(H2,22,23,27,28). The molecule has 2 N–H and O–H groups in total. The smallest absolute Gasteiger partial charge is 0.307 e. The molecule has 0 fully saturated rings. The summed E-state index contributed by atoms with van der Waals surface area (Å²) in [5, 5.41) is 14.4. The van der Waals surface area contributed by atoms with Gasteiger partial charge in [-0.1, -0.05) is 53.2 Å². The average molecular weight is 430 g/mol. The molecule has 0 aliphatic rings. The molecule has 0 saturated heterocycles. The summed E-state index contributed by atoms with van der Waals surface area (Å²) in [5.74, 6) is 0.195. The quantitative estimate of drug-likeness (QED) is 0.593. The lowest BCUT2D eigenvalue weighted by atomic mass is 10.1. The molecule has 0 bridgehead atoms. The lowest BCUT2D eigenvalue weighted by molar-refractivity contribution is -0.117. The number of halogens is 1. The van der Waals surface area contributed by atoms with Crippen molar-refractivity contribution < 1.29 is 9.59 Å². The number of anilines is 1. The number of hydrogen-bond acceptors (Lipinski definition) is 5. The van der Waals surface area contributed by atoms with Gasteiger partial charge in [-0.2, -0.15) is 0 Å². The van der Waals surface area contributed by atoms with Crippen molar-refractivity contribution in [1.82, 2.24) is 20.1 Å². The second-order valence-corrected chi connectivity index (χ2v) is 7.80. The van der Waals surface area contributed by atoms with Crippen molar-refractivity contribution in [1.29, 1.82) is 0 Å². The van der Waals surface area contributed by atoms with Crippen LogP contribution in [0.5, 0.6) is 0 Å². The van der Waals surface area contributed by atoms with E-state index in [1.165, 1.54) is 11.8 Å². The van der Waals surface area contributed by atoms with Gasteiger partial charge in [0.1, 0.15) is 0 Å². The molecule has 0 aliphatic heterocycles. The summed E-state index contributed by atoms with van der Waals surface area (Å²) in [6.45, 7) is 3.87. The van der Waals surface area contributed by atoms with Gasteiger partial charge < -0.3 is 9.88 Å². The van der Waals surface area contributed by atoms with Crippen LogP contribution in [-0.2, 0) is 11.8 Å². The fourth-order valence-electron chi connectivity index (χ4n) is 2.72. The molecule has 1 aromatic heterocycles. The first-order valence-corrected chi connectivity index (χ1v) is 10.2. The van der Waals surface area contributed by atoms with Gasteiger partial charge in [-0.05, 0) is 37.6 Å². The molecule has 0 spiro atoms. The van der Waals surface area contributed by atoms with Crippen molar-refractivity contribution in [3.8, 4) is 11.4 Å². The number of nitrogens with zero attached hydrogens (tertiary/aromatic N) is 3. The van der Waals surface area contributed by atoms with Gasteiger partial charge in [0.2, 0.25) is 5.91 Å². The van der Waals surface area contributed by atoms with Crippen molar-refractivity contribution in [2.24, 2.45) is 7.05 Å². The minimum Gasteiger partial charge on any atom is -0.307 e. The third-order valence-corrected chi connectivity index (χ3v) is 5.51. The molecule has 0 aliphatic carbocycles. The third-order valence-electron chi connectivity index (χ3n) is 4.17. The number of rotatable bonds is 5. The van der Waals surface area contributed by atoms with Crippen molar-refractivity contribution in [2.45, 2.75) is 19.0 Å². The van der Waals surface area contributed by atoms with Crippen LogP contribution in [0.2, 0.25) is 5.02 Å². The van der Waals surface area contributed by atoms with Crippen molar-refractivity contribution in [2.75, 3.05) is 11.1 Å². The molecule has 2 aromatic carbocycles. The maximum atomic E-state index is 12.1. The number of imide groups is 1. The first-order chi connectivity index (χ1) is 13.8. The Hall–Kier alpha value is -2.84. The number of amides is 3. The molecule has 3 amide bonds. The number of nitrogens with one attached hydrogen (secondary N) is 2. The van der Waals surface area contributed by atoms with Crippen LogP contribution in [0.1, 0.15) is 11.1 Å². The van der Waals surface area contributed by atoms with Crippen molar-refractivity contribution in [3.63, 3.8) is 0 Å². The Kier molecular flexibility index (Phi) is 6.56. The molecule has 0 saturated carbocycles. The zero-order chi connectivity index (χ0) is 21.0. The number of thioether (sulfide) groups is 1. The first-order valence-electron chi connectivity index (χ1n) is 8.80. The number of aromatic nitrogens is 3. The van der Waals surface area contributed by atoms with Crippen LogP contribution in [-0.4, -0.2) is 32.5 Å². The first kappa shape index (κ1) is 20.9. The Morgan fingerprint density at radius 3 is 2.62 bits per heavy atom. The summed E-state index contributed by atoms with van der Waals surface area (Å²) >= 11 is 7.40. The average Bonchev–Trinajstić information content (AvgIpc) is 3.03. The minimum absolute atomic E-state index is 0.0226. The lowest BCUT2D eigenvalue weighted by Crippen LogP contribution is -2.35. The van der Waals surface area contributed by atoms with Gasteiger partial charge in [0.25, 0.3) is 0 Å². The summed E-state index contributed by atoms with van der Waals surface area (Å²) in [7, 11) is 1.80. The highest BCUT2D eigenvalue weighted by molar-refractivity contribution is 7.99. The van der Waals surface area contributed by atoms with Gasteiger partial charge in [0, 0.05) is 18.3 Å². The topological polar surface area (TPSA) is 88.9 Å². The van der Waals surface area contributed by atoms with Crippen LogP contribution in [0.25, 0.3) is 11.4 Å². The maximum absolute atomic E-state index is 12.1. The van der Waals surface area contributed by atoms with Crippen LogP contribution in [0.3, 0.4) is 0 Å². The summed E-state index contributed by atoms with van der Waals surface area (Å²) in [6, 6.07) is 12.4. The number of carbonyl (C=O) groups excluding carboxylic acids is 2. The summed E-state index contributed by atoms with van der Waals surface area (Å²) in [4.78, 5) is 24.2. The zero-order valence-electron chi connectivity index (χ0n) is 16.2. The zero-order valence-corrected chi connectivity index (χ0v) is 17.8. The third kappa shape index (κ3) is 5.16. The fourth-order valence-corrected chi connectivity index (χ4v) is 3.65. The van der Waals surface area contributed by atoms with Crippen molar-refractivity contribution in [3.05, 3.63) is 58.6 Å². The summed E-state index contributed by atoms with van der Waals surface area (Å²) in [6.07, 6.45) is 0. The highest BCUT2D eigenvalue weighted by Crippen LogP contribution is 2.28. The van der Waals surface area contributed by atoms with Gasteiger partial charge >= 0.3 is 6.03 Å². The highest BCUT2D eigenvalue weighted by Gasteiger charge is 2.16. The van der Waals surface area contributed by atoms with E-state index in [2.05, 4.69) is 20.8 Å². The lowest BCUT2D eigenvalue weighted by Gasteiger charge is -2.10. The molecular weight excluding hydrogens is 410 g/mol. The van der Waals surface area contributed by atoms with Crippen LogP contribution in [0, 0.1) is 13.8 Å². The molecule has 3 rings (SSSR count). The molecule has 0 atom stereocenters. The van der Waals surface area contributed by atoms with Gasteiger partial charge in [-0.15, -0.1) is 10.2 Å². The Labute approximate surface area is 177 Å². The van der Waals surface area contributed by atoms with Crippen LogP contribution in [0.15, 0.2) is 47.6 Å². The van der Waals surface area contributed by atoms with E-state index in [1.807, 2.05) is 44.2 Å². The number of hydrogen-bond donors (Lipinski definition) is 2. The predicted octanol–water partition coefficient (Wildman–Crippen LogP) is 4.19. The van der Waals surface area contributed by atoms with Gasteiger partial charge in [0.05, 0.1) is 10.8 Å². The summed E-state index contributed by atoms with van der Waals surface area (Å²) < 4.78 is 1.76. The minimum atomic E-state index is -0.572. The van der Waals surface area contributed by atoms with Crippen molar-refractivity contribution >= 4 is 41.0 Å². The van der Waals surface area contributed by atoms with E-state index in [1.54, 1.807) is 23.7 Å². The van der Waals surface area contributed by atoms with E-state index in [9.17, 15) is 9.59 Å². The molecule has 0 radical (unpaired) electrons. The number of benzene rings is 2. The van der Waals surface area contributed by atoms with Gasteiger partial charge in [0.15, 0.2) is 11.0 Å². The van der Waals surface area contributed by atoms with Crippen LogP contribution < -0.4 is 10.6 Å². The van der Waals surface area contributed by atoms with Crippen LogP contribution >= 0.6 is 23.4 Å². The Morgan fingerprint density at radius 1 is 1.14 bits per heavy atom. The molecule has 9 heteroatoms. The van der Waals surface area contributed by atoms with E-state index >= 15 is 0 Å². The molecule has 1 heterocycles. The van der Waals surface area contributed by atoms with E-state index in [0.717, 1.165) is 16.7 Å². The Morgan fingerprint density at radius 2 is 1.90 bits per heavy atom. The van der Waals surface area contributed by atoms with E-state index < -0.39 is 11.9 Å². The predicted molar refractivity (Wildman–Crippen MR) is 115 cm³/mol. The Bertz CT molecular complexity index is 1070. The summed E-state index contributed by atoms with van der Waals surface area (Å²) in [5.41, 5.74) is 3.44. The molecule has 7 nitrogen and oxygen atoms in total. The second kappa shape index (κ2) is 9.11. The Balaban J connectivity index is 1.57. The number of aryl methyl sites for hydroxylation is 2. The highest BCUT2D eigenvalue weighted by atomic mass is 35.5. The molecule has 3 aromatic rings. The van der Waals surface area contributed by atoms with Gasteiger partial charge in [-0.25, -0.2) is 4.79 Å². The van der Waals surface area contributed by atoms with E-state index in [0.29, 0.717) is 21.7 Å². The molecule has 0 unspecified atom stereocenters. The molecular formula is C20H20ClN5O2S.